The number of para-hydroxylation sites is 1. The van der Waals surface area contributed by atoms with Gasteiger partial charge in [-0.3, -0.25) is 0 Å². The van der Waals surface area contributed by atoms with Crippen LogP contribution in [0.5, 0.6) is 5.75 Å². The molecule has 5 nitrogen and oxygen atoms in total. The van der Waals surface area contributed by atoms with Gasteiger partial charge >= 0.3 is 0 Å². The molecule has 0 aliphatic rings. The van der Waals surface area contributed by atoms with Crippen LogP contribution in [0.25, 0.3) is 0 Å². The molecule has 1 aromatic carbocycles. The van der Waals surface area contributed by atoms with E-state index in [9.17, 15) is 8.42 Å². The van der Waals surface area contributed by atoms with Gasteiger partial charge < -0.3 is 10.1 Å². The van der Waals surface area contributed by atoms with E-state index in [1.54, 1.807) is 31.2 Å². The molecule has 0 radical (unpaired) electrons. The molecule has 0 amide bonds. The average Bonchev–Trinajstić information content (AvgIpc) is 2.39. The van der Waals surface area contributed by atoms with Gasteiger partial charge in [-0.05, 0) is 25.1 Å². The summed E-state index contributed by atoms with van der Waals surface area (Å²) in [5.74, 6) is 0.391. The van der Waals surface area contributed by atoms with Crippen LogP contribution in [0.1, 0.15) is 20.3 Å². The minimum atomic E-state index is -3.48. The van der Waals surface area contributed by atoms with Crippen molar-refractivity contribution in [3.8, 4) is 5.75 Å². The predicted octanol–water partition coefficient (Wildman–Crippen LogP) is 1.36. The van der Waals surface area contributed by atoms with Crippen LogP contribution in [-0.2, 0) is 10.0 Å². The predicted molar refractivity (Wildman–Crippen MR) is 76.0 cm³/mol. The largest absolute Gasteiger partial charge is 0.491 e. The Balaban J connectivity index is 2.68. The van der Waals surface area contributed by atoms with Gasteiger partial charge in [-0.15, -0.1) is 0 Å². The number of rotatable bonds is 9. The van der Waals surface area contributed by atoms with E-state index >= 15 is 0 Å². The summed E-state index contributed by atoms with van der Waals surface area (Å²) in [7, 11) is -3.48. The van der Waals surface area contributed by atoms with E-state index < -0.39 is 10.0 Å². The van der Waals surface area contributed by atoms with Crippen LogP contribution in [0.15, 0.2) is 29.2 Å². The summed E-state index contributed by atoms with van der Waals surface area (Å²) >= 11 is 0. The van der Waals surface area contributed by atoms with Crippen LogP contribution < -0.4 is 14.8 Å². The fourth-order valence-electron chi connectivity index (χ4n) is 1.59. The maximum absolute atomic E-state index is 12.0. The lowest BCUT2D eigenvalue weighted by atomic mass is 10.3. The Morgan fingerprint density at radius 3 is 2.58 bits per heavy atom. The minimum absolute atomic E-state index is 0.187. The number of hydrogen-bond donors (Lipinski definition) is 2. The summed E-state index contributed by atoms with van der Waals surface area (Å²) in [6.07, 6.45) is 1.06. The third kappa shape index (κ3) is 5.18. The first-order valence-electron chi connectivity index (χ1n) is 6.54. The van der Waals surface area contributed by atoms with Gasteiger partial charge in [0.25, 0.3) is 0 Å². The average molecular weight is 286 g/mol. The molecule has 0 aromatic heterocycles. The van der Waals surface area contributed by atoms with Crippen molar-refractivity contribution in [1.29, 1.82) is 0 Å². The van der Waals surface area contributed by atoms with Crippen LogP contribution in [0.3, 0.4) is 0 Å². The van der Waals surface area contributed by atoms with E-state index in [-0.39, 0.29) is 4.90 Å². The second kappa shape index (κ2) is 8.14. The van der Waals surface area contributed by atoms with E-state index in [0.717, 1.165) is 13.0 Å². The molecule has 0 saturated carbocycles. The van der Waals surface area contributed by atoms with Gasteiger partial charge in [0.05, 0.1) is 0 Å². The molecule has 2 N–H and O–H groups in total. The molecule has 0 heterocycles. The van der Waals surface area contributed by atoms with Gasteiger partial charge in [0.2, 0.25) is 10.0 Å². The lowest BCUT2D eigenvalue weighted by Crippen LogP contribution is -2.25. The van der Waals surface area contributed by atoms with Crippen molar-refractivity contribution >= 4 is 10.0 Å². The molecule has 1 aromatic rings. The molecular formula is C13H22N2O3S. The highest BCUT2D eigenvalue weighted by Gasteiger charge is 2.17. The van der Waals surface area contributed by atoms with Crippen molar-refractivity contribution in [1.82, 2.24) is 10.0 Å². The smallest absolute Gasteiger partial charge is 0.244 e. The molecule has 0 unspecified atom stereocenters. The molecule has 108 valence electrons. The molecule has 0 atom stereocenters. The highest BCUT2D eigenvalue weighted by atomic mass is 32.2. The zero-order chi connectivity index (χ0) is 14.1. The van der Waals surface area contributed by atoms with Gasteiger partial charge in [0, 0.05) is 13.1 Å². The van der Waals surface area contributed by atoms with Gasteiger partial charge in [-0.1, -0.05) is 26.0 Å². The zero-order valence-corrected chi connectivity index (χ0v) is 12.3. The Morgan fingerprint density at radius 2 is 1.89 bits per heavy atom. The lowest BCUT2D eigenvalue weighted by Gasteiger charge is -2.12. The number of benzene rings is 1. The maximum Gasteiger partial charge on any atom is 0.244 e. The molecule has 0 spiro atoms. The van der Waals surface area contributed by atoms with Crippen LogP contribution in [0.4, 0.5) is 0 Å². The molecule has 0 bridgehead atoms. The summed E-state index contributed by atoms with van der Waals surface area (Å²) < 4.78 is 32.0. The Morgan fingerprint density at radius 1 is 1.16 bits per heavy atom. The zero-order valence-electron chi connectivity index (χ0n) is 11.5. The maximum atomic E-state index is 12.0. The van der Waals surface area contributed by atoms with Crippen LogP contribution in [0.2, 0.25) is 0 Å². The van der Waals surface area contributed by atoms with Crippen molar-refractivity contribution in [2.24, 2.45) is 0 Å². The van der Waals surface area contributed by atoms with Crippen molar-refractivity contribution in [2.45, 2.75) is 25.2 Å². The first-order valence-corrected chi connectivity index (χ1v) is 8.02. The van der Waals surface area contributed by atoms with E-state index in [1.165, 1.54) is 0 Å². The monoisotopic (exact) mass is 286 g/mol. The number of sulfonamides is 1. The first kappa shape index (κ1) is 15.9. The Labute approximate surface area is 115 Å². The highest BCUT2D eigenvalue weighted by molar-refractivity contribution is 7.89. The summed E-state index contributed by atoms with van der Waals surface area (Å²) in [4.78, 5) is 0.187. The fraction of sp³-hybridized carbons (Fsp3) is 0.538. The van der Waals surface area contributed by atoms with Crippen molar-refractivity contribution in [3.05, 3.63) is 24.3 Å². The number of hydrogen-bond acceptors (Lipinski definition) is 4. The highest BCUT2D eigenvalue weighted by Crippen LogP contribution is 2.22. The number of nitrogens with one attached hydrogen (secondary N) is 2. The van der Waals surface area contributed by atoms with Crippen molar-refractivity contribution in [2.75, 3.05) is 26.2 Å². The molecule has 0 fully saturated rings. The second-order valence-corrected chi connectivity index (χ2v) is 5.78. The first-order chi connectivity index (χ1) is 9.11. The van der Waals surface area contributed by atoms with Gasteiger partial charge in [-0.2, -0.15) is 0 Å². The number of ether oxygens (including phenoxy) is 1. The van der Waals surface area contributed by atoms with Crippen LogP contribution >= 0.6 is 0 Å². The standard InChI is InChI=1S/C13H22N2O3S/c1-3-9-14-10-11-18-12-7-5-6-8-13(12)19(16,17)15-4-2/h5-8,14-15H,3-4,9-11H2,1-2H3. The third-order valence-electron chi connectivity index (χ3n) is 2.44. The molecule has 1 rings (SSSR count). The topological polar surface area (TPSA) is 67.4 Å². The molecule has 19 heavy (non-hydrogen) atoms. The van der Waals surface area contributed by atoms with E-state index in [4.69, 9.17) is 4.74 Å². The van der Waals surface area contributed by atoms with Crippen LogP contribution in [-0.4, -0.2) is 34.7 Å². The van der Waals surface area contributed by atoms with Gasteiger partial charge in [0.15, 0.2) is 0 Å². The van der Waals surface area contributed by atoms with E-state index in [0.29, 0.717) is 25.4 Å². The molecule has 0 saturated heterocycles. The van der Waals surface area contributed by atoms with Gasteiger partial charge in [-0.25, -0.2) is 13.1 Å². The Hall–Kier alpha value is -1.11. The fourth-order valence-corrected chi connectivity index (χ4v) is 2.78. The van der Waals surface area contributed by atoms with Gasteiger partial charge in [0.1, 0.15) is 17.3 Å². The summed E-state index contributed by atoms with van der Waals surface area (Å²) in [5.41, 5.74) is 0. The summed E-state index contributed by atoms with van der Waals surface area (Å²) in [6.45, 7) is 6.26. The molecular weight excluding hydrogens is 264 g/mol. The summed E-state index contributed by atoms with van der Waals surface area (Å²) in [6, 6.07) is 6.67. The molecule has 0 aliphatic carbocycles. The van der Waals surface area contributed by atoms with Crippen molar-refractivity contribution in [3.63, 3.8) is 0 Å². The quantitative estimate of drug-likeness (QED) is 0.673. The van der Waals surface area contributed by atoms with E-state index in [1.807, 2.05) is 0 Å². The van der Waals surface area contributed by atoms with Crippen LogP contribution in [0, 0.1) is 0 Å². The van der Waals surface area contributed by atoms with E-state index in [2.05, 4.69) is 17.0 Å². The minimum Gasteiger partial charge on any atom is -0.491 e. The van der Waals surface area contributed by atoms with Crippen molar-refractivity contribution < 1.29 is 13.2 Å². The Kier molecular flexibility index (Phi) is 6.83. The molecule has 0 aliphatic heterocycles. The second-order valence-electron chi connectivity index (χ2n) is 4.05. The SMILES string of the molecule is CCCNCCOc1ccccc1S(=O)(=O)NCC. The normalized spacial score (nSPS) is 11.5. The molecule has 6 heteroatoms. The third-order valence-corrected chi connectivity index (χ3v) is 4.02. The Bertz CT molecular complexity index is 475. The lowest BCUT2D eigenvalue weighted by molar-refractivity contribution is 0.306. The summed E-state index contributed by atoms with van der Waals surface area (Å²) in [5, 5.41) is 3.20.